The summed E-state index contributed by atoms with van der Waals surface area (Å²) in [6.07, 6.45) is 2.45. The number of nitrogens with zero attached hydrogens (tertiary/aromatic N) is 4. The van der Waals surface area contributed by atoms with Crippen LogP contribution in [0.4, 0.5) is 15.9 Å². The van der Waals surface area contributed by atoms with Crippen molar-refractivity contribution in [1.82, 2.24) is 14.9 Å². The number of morpholine rings is 1. The van der Waals surface area contributed by atoms with Crippen molar-refractivity contribution in [3.05, 3.63) is 83.9 Å². The molecule has 9 nitrogen and oxygen atoms in total. The Kier molecular flexibility index (Phi) is 9.56. The van der Waals surface area contributed by atoms with E-state index in [0.29, 0.717) is 23.9 Å². The molecule has 0 spiro atoms. The van der Waals surface area contributed by atoms with Gasteiger partial charge in [0, 0.05) is 36.8 Å². The maximum atomic E-state index is 13.1. The van der Waals surface area contributed by atoms with Gasteiger partial charge in [-0.3, -0.25) is 4.90 Å². The van der Waals surface area contributed by atoms with Gasteiger partial charge in [0.1, 0.15) is 24.6 Å². The molecule has 0 bridgehead atoms. The zero-order chi connectivity index (χ0) is 28.4. The fraction of sp³-hybridized carbons (Fsp3) is 0.323. The van der Waals surface area contributed by atoms with E-state index in [1.165, 1.54) is 18.5 Å². The van der Waals surface area contributed by atoms with Crippen molar-refractivity contribution < 1.29 is 23.4 Å². The molecule has 10 heteroatoms. The molecule has 4 aromatic rings. The van der Waals surface area contributed by atoms with E-state index in [-0.39, 0.29) is 12.4 Å². The average molecular weight is 560 g/mol. The molecule has 0 unspecified atom stereocenters. The van der Waals surface area contributed by atoms with Gasteiger partial charge in [0.2, 0.25) is 0 Å². The highest BCUT2D eigenvalue weighted by atomic mass is 19.1. The predicted octanol–water partition coefficient (Wildman–Crippen LogP) is 5.56. The van der Waals surface area contributed by atoms with Crippen LogP contribution in [0.3, 0.4) is 0 Å². The van der Waals surface area contributed by atoms with Gasteiger partial charge in [-0.25, -0.2) is 14.4 Å². The summed E-state index contributed by atoms with van der Waals surface area (Å²) in [5.41, 5.74) is 4.10. The van der Waals surface area contributed by atoms with E-state index in [2.05, 4.69) is 25.3 Å². The SMILES string of the molecule is COc1cc2c(Nc3ccc(/C(C)=N/OCc4ccc(F)cc4)cc3)ncnc2cc1OCCCN1CCOCC1. The smallest absolute Gasteiger partial charge is 0.163 e. The molecule has 2 heterocycles. The highest BCUT2D eigenvalue weighted by molar-refractivity contribution is 5.99. The number of nitrogens with one attached hydrogen (secondary N) is 1. The van der Waals surface area contributed by atoms with Crippen LogP contribution in [0, 0.1) is 5.82 Å². The lowest BCUT2D eigenvalue weighted by Gasteiger charge is -2.26. The van der Waals surface area contributed by atoms with E-state index in [9.17, 15) is 4.39 Å². The zero-order valence-electron chi connectivity index (χ0n) is 23.3. The zero-order valence-corrected chi connectivity index (χ0v) is 23.3. The average Bonchev–Trinajstić information content (AvgIpc) is 3.01. The summed E-state index contributed by atoms with van der Waals surface area (Å²) in [6.45, 7) is 7.22. The number of rotatable bonds is 12. The first kappa shape index (κ1) is 28.3. The summed E-state index contributed by atoms with van der Waals surface area (Å²) >= 11 is 0. The second-order valence-electron chi connectivity index (χ2n) is 9.68. The number of hydrogen-bond acceptors (Lipinski definition) is 9. The van der Waals surface area contributed by atoms with Gasteiger partial charge in [0.15, 0.2) is 11.5 Å². The van der Waals surface area contributed by atoms with Crippen molar-refractivity contribution in [2.75, 3.05) is 51.9 Å². The molecule has 1 fully saturated rings. The Labute approximate surface area is 238 Å². The molecule has 1 saturated heterocycles. The van der Waals surface area contributed by atoms with Gasteiger partial charge < -0.3 is 24.4 Å². The molecule has 5 rings (SSSR count). The maximum Gasteiger partial charge on any atom is 0.163 e. The fourth-order valence-electron chi connectivity index (χ4n) is 4.50. The maximum absolute atomic E-state index is 13.1. The van der Waals surface area contributed by atoms with Crippen molar-refractivity contribution in [3.63, 3.8) is 0 Å². The van der Waals surface area contributed by atoms with Crippen LogP contribution >= 0.6 is 0 Å². The van der Waals surface area contributed by atoms with Crippen LogP contribution in [-0.4, -0.2) is 67.1 Å². The Balaban J connectivity index is 1.21. The largest absolute Gasteiger partial charge is 0.493 e. The molecule has 0 radical (unpaired) electrons. The van der Waals surface area contributed by atoms with E-state index < -0.39 is 0 Å². The minimum absolute atomic E-state index is 0.267. The van der Waals surface area contributed by atoms with Gasteiger partial charge in [-0.15, -0.1) is 0 Å². The molecule has 214 valence electrons. The first-order chi connectivity index (χ1) is 20.1. The number of hydrogen-bond donors (Lipinski definition) is 1. The standard InChI is InChI=1S/C31H34FN5O4/c1-22(36-41-20-23-4-8-25(32)9-5-23)24-6-10-26(11-7-24)35-31-27-18-29(38-2)30(19-28(27)33-21-34-31)40-15-3-12-37-13-16-39-17-14-37/h4-11,18-19,21H,3,12-17,20H2,1-2H3,(H,33,34,35)/b36-22+. The van der Waals surface area contributed by atoms with Crippen molar-refractivity contribution in [2.24, 2.45) is 5.16 Å². The third-order valence-electron chi connectivity index (χ3n) is 6.81. The molecule has 41 heavy (non-hydrogen) atoms. The first-order valence-electron chi connectivity index (χ1n) is 13.6. The van der Waals surface area contributed by atoms with Gasteiger partial charge >= 0.3 is 0 Å². The summed E-state index contributed by atoms with van der Waals surface area (Å²) in [6, 6.07) is 17.8. The molecule has 0 amide bonds. The number of fused-ring (bicyclic) bond motifs is 1. The molecule has 3 aromatic carbocycles. The van der Waals surface area contributed by atoms with Crippen LogP contribution in [0.1, 0.15) is 24.5 Å². The molecular weight excluding hydrogens is 525 g/mol. The Bertz CT molecular complexity index is 1460. The highest BCUT2D eigenvalue weighted by Crippen LogP contribution is 2.35. The van der Waals surface area contributed by atoms with E-state index in [4.69, 9.17) is 19.0 Å². The van der Waals surface area contributed by atoms with Crippen LogP contribution in [-0.2, 0) is 16.2 Å². The predicted molar refractivity (Wildman–Crippen MR) is 157 cm³/mol. The van der Waals surface area contributed by atoms with Gasteiger partial charge in [-0.2, -0.15) is 0 Å². The Morgan fingerprint density at radius 1 is 1.02 bits per heavy atom. The van der Waals surface area contributed by atoms with Gasteiger partial charge in [-0.1, -0.05) is 29.4 Å². The first-order valence-corrected chi connectivity index (χ1v) is 13.6. The van der Waals surface area contributed by atoms with Gasteiger partial charge in [-0.05, 0) is 54.8 Å². The molecular formula is C31H34FN5O4. The molecule has 0 aliphatic carbocycles. The molecule has 1 N–H and O–H groups in total. The van der Waals surface area contributed by atoms with E-state index in [0.717, 1.165) is 72.7 Å². The fourth-order valence-corrected chi connectivity index (χ4v) is 4.50. The molecule has 1 aromatic heterocycles. The number of aromatic nitrogens is 2. The van der Waals surface area contributed by atoms with Crippen LogP contribution in [0.5, 0.6) is 11.5 Å². The summed E-state index contributed by atoms with van der Waals surface area (Å²) in [5, 5.41) is 8.39. The van der Waals surface area contributed by atoms with Gasteiger partial charge in [0.25, 0.3) is 0 Å². The van der Waals surface area contributed by atoms with Crippen LogP contribution in [0.15, 0.2) is 72.1 Å². The van der Waals surface area contributed by atoms with Crippen LogP contribution < -0.4 is 14.8 Å². The highest BCUT2D eigenvalue weighted by Gasteiger charge is 2.13. The number of anilines is 2. The third-order valence-corrected chi connectivity index (χ3v) is 6.81. The van der Waals surface area contributed by atoms with Crippen LogP contribution in [0.25, 0.3) is 10.9 Å². The number of methoxy groups -OCH3 is 1. The summed E-state index contributed by atoms with van der Waals surface area (Å²) in [4.78, 5) is 16.8. The molecule has 0 atom stereocenters. The minimum atomic E-state index is -0.277. The van der Waals surface area contributed by atoms with Gasteiger partial charge in [0.05, 0.1) is 38.2 Å². The minimum Gasteiger partial charge on any atom is -0.493 e. The lowest BCUT2D eigenvalue weighted by molar-refractivity contribution is 0.0357. The number of benzene rings is 3. The lowest BCUT2D eigenvalue weighted by Crippen LogP contribution is -2.37. The lowest BCUT2D eigenvalue weighted by atomic mass is 10.1. The second kappa shape index (κ2) is 13.9. The summed E-state index contributed by atoms with van der Waals surface area (Å²) in [5.74, 6) is 1.67. The number of oxime groups is 1. The van der Waals surface area contributed by atoms with E-state index in [1.54, 1.807) is 19.2 Å². The molecule has 1 aliphatic rings. The van der Waals surface area contributed by atoms with Crippen molar-refractivity contribution in [1.29, 1.82) is 0 Å². The summed E-state index contributed by atoms with van der Waals surface area (Å²) < 4.78 is 30.2. The number of ether oxygens (including phenoxy) is 3. The van der Waals surface area contributed by atoms with Crippen molar-refractivity contribution in [3.8, 4) is 11.5 Å². The number of halogens is 1. The van der Waals surface area contributed by atoms with E-state index in [1.807, 2.05) is 43.3 Å². The Morgan fingerprint density at radius 2 is 1.80 bits per heavy atom. The summed E-state index contributed by atoms with van der Waals surface area (Å²) in [7, 11) is 1.63. The monoisotopic (exact) mass is 559 g/mol. The topological polar surface area (TPSA) is 90.3 Å². The molecule has 0 saturated carbocycles. The Hall–Kier alpha value is -4.28. The molecule has 1 aliphatic heterocycles. The van der Waals surface area contributed by atoms with E-state index >= 15 is 0 Å². The van der Waals surface area contributed by atoms with Crippen LogP contribution in [0.2, 0.25) is 0 Å². The van der Waals surface area contributed by atoms with Crippen molar-refractivity contribution in [2.45, 2.75) is 20.0 Å². The quantitative estimate of drug-likeness (QED) is 0.137. The third kappa shape index (κ3) is 7.68. The second-order valence-corrected chi connectivity index (χ2v) is 9.68. The normalized spacial score (nSPS) is 14.2. The van der Waals surface area contributed by atoms with Crippen molar-refractivity contribution >= 4 is 28.1 Å². The Morgan fingerprint density at radius 3 is 2.56 bits per heavy atom.